The van der Waals surface area contributed by atoms with Crippen LogP contribution < -0.4 is 10.6 Å². The molecule has 0 amide bonds. The molecular weight excluding hydrogens is 300 g/mol. The van der Waals surface area contributed by atoms with E-state index in [9.17, 15) is 0 Å². The van der Waals surface area contributed by atoms with Crippen molar-refractivity contribution >= 4 is 5.96 Å². The Morgan fingerprint density at radius 3 is 2.50 bits per heavy atom. The van der Waals surface area contributed by atoms with E-state index in [-0.39, 0.29) is 0 Å². The zero-order valence-electron chi connectivity index (χ0n) is 16.0. The number of hydrogen-bond acceptors (Lipinski definition) is 3. The molecule has 1 aromatic heterocycles. The lowest BCUT2D eigenvalue weighted by molar-refractivity contribution is 0.250. The number of nitrogens with one attached hydrogen (secondary N) is 2. The Kier molecular flexibility index (Phi) is 7.13. The summed E-state index contributed by atoms with van der Waals surface area (Å²) in [6.45, 7) is 9.59. The van der Waals surface area contributed by atoms with Crippen molar-refractivity contribution in [1.29, 1.82) is 0 Å². The molecule has 1 aromatic rings. The van der Waals surface area contributed by atoms with E-state index in [1.807, 2.05) is 20.9 Å². The molecule has 0 atom stereocenters. The van der Waals surface area contributed by atoms with Gasteiger partial charge in [0.05, 0.1) is 5.69 Å². The molecule has 1 heterocycles. The van der Waals surface area contributed by atoms with E-state index in [2.05, 4.69) is 34.6 Å². The summed E-state index contributed by atoms with van der Waals surface area (Å²) in [6.07, 6.45) is 7.20. The number of aliphatic imine (C=N–C) groups is 1. The third kappa shape index (κ3) is 5.25. The molecule has 24 heavy (non-hydrogen) atoms. The highest BCUT2D eigenvalue weighted by Crippen LogP contribution is 2.29. The molecule has 0 bridgehead atoms. The topological polar surface area (TPSA) is 62.5 Å². The third-order valence-corrected chi connectivity index (χ3v) is 5.36. The second kappa shape index (κ2) is 9.09. The summed E-state index contributed by atoms with van der Waals surface area (Å²) < 4.78 is 5.21. The Balaban J connectivity index is 1.68. The van der Waals surface area contributed by atoms with Crippen LogP contribution in [0.1, 0.15) is 63.0 Å². The fourth-order valence-corrected chi connectivity index (χ4v) is 3.65. The van der Waals surface area contributed by atoms with Crippen LogP contribution in [0.5, 0.6) is 0 Å². The Morgan fingerprint density at radius 2 is 1.96 bits per heavy atom. The Bertz CT molecular complexity index is 508. The second-order valence-electron chi connectivity index (χ2n) is 7.41. The van der Waals surface area contributed by atoms with Gasteiger partial charge in [-0.05, 0) is 64.2 Å². The molecule has 5 nitrogen and oxygen atoms in total. The highest BCUT2D eigenvalue weighted by atomic mass is 16.5. The van der Waals surface area contributed by atoms with Crippen LogP contribution in [0.25, 0.3) is 0 Å². The van der Waals surface area contributed by atoms with E-state index >= 15 is 0 Å². The van der Waals surface area contributed by atoms with Crippen LogP contribution in [-0.2, 0) is 6.42 Å². The van der Waals surface area contributed by atoms with Crippen molar-refractivity contribution < 1.29 is 4.52 Å². The fourth-order valence-electron chi connectivity index (χ4n) is 3.65. The molecule has 0 saturated heterocycles. The monoisotopic (exact) mass is 334 g/mol. The first kappa shape index (κ1) is 18.8. The van der Waals surface area contributed by atoms with Crippen molar-refractivity contribution in [1.82, 2.24) is 15.8 Å². The molecule has 5 heteroatoms. The first-order valence-electron chi connectivity index (χ1n) is 9.40. The normalized spacial score (nSPS) is 22.0. The van der Waals surface area contributed by atoms with Crippen LogP contribution >= 0.6 is 0 Å². The van der Waals surface area contributed by atoms with E-state index in [4.69, 9.17) is 4.52 Å². The summed E-state index contributed by atoms with van der Waals surface area (Å²) in [5, 5.41) is 11.0. The molecule has 136 valence electrons. The summed E-state index contributed by atoms with van der Waals surface area (Å²) in [5.41, 5.74) is 2.25. The van der Waals surface area contributed by atoms with Crippen LogP contribution in [0.15, 0.2) is 9.52 Å². The van der Waals surface area contributed by atoms with Crippen molar-refractivity contribution in [3.8, 4) is 0 Å². The number of hydrogen-bond donors (Lipinski definition) is 2. The first-order chi connectivity index (χ1) is 11.5. The van der Waals surface area contributed by atoms with Crippen LogP contribution in [0, 0.1) is 25.7 Å². The van der Waals surface area contributed by atoms with Gasteiger partial charge >= 0.3 is 0 Å². The zero-order chi connectivity index (χ0) is 17.5. The predicted molar refractivity (Wildman–Crippen MR) is 99.4 cm³/mol. The van der Waals surface area contributed by atoms with Gasteiger partial charge in [0.1, 0.15) is 5.76 Å². The average molecular weight is 335 g/mol. The van der Waals surface area contributed by atoms with Crippen LogP contribution in [0.2, 0.25) is 0 Å². The van der Waals surface area contributed by atoms with Gasteiger partial charge in [0.15, 0.2) is 5.96 Å². The van der Waals surface area contributed by atoms with Crippen molar-refractivity contribution in [3.05, 3.63) is 17.0 Å². The van der Waals surface area contributed by atoms with Gasteiger partial charge in [0, 0.05) is 25.2 Å². The van der Waals surface area contributed by atoms with Gasteiger partial charge in [-0.1, -0.05) is 19.0 Å². The summed E-state index contributed by atoms with van der Waals surface area (Å²) in [6, 6.07) is 0.564. The highest BCUT2D eigenvalue weighted by Gasteiger charge is 2.23. The summed E-state index contributed by atoms with van der Waals surface area (Å²) >= 11 is 0. The van der Waals surface area contributed by atoms with E-state index < -0.39 is 0 Å². The van der Waals surface area contributed by atoms with Crippen LogP contribution in [0.4, 0.5) is 0 Å². The number of aromatic nitrogens is 1. The van der Waals surface area contributed by atoms with Gasteiger partial charge < -0.3 is 15.2 Å². The number of rotatable bonds is 6. The van der Waals surface area contributed by atoms with E-state index in [0.717, 1.165) is 48.6 Å². The van der Waals surface area contributed by atoms with Gasteiger partial charge in [0.2, 0.25) is 0 Å². The molecule has 1 aliphatic rings. The summed E-state index contributed by atoms with van der Waals surface area (Å²) in [4.78, 5) is 4.37. The predicted octanol–water partition coefficient (Wildman–Crippen LogP) is 3.60. The minimum absolute atomic E-state index is 0.564. The van der Waals surface area contributed by atoms with Crippen molar-refractivity contribution in [3.63, 3.8) is 0 Å². The molecule has 0 aromatic carbocycles. The van der Waals surface area contributed by atoms with E-state index in [1.165, 1.54) is 31.2 Å². The van der Waals surface area contributed by atoms with E-state index in [1.54, 1.807) is 0 Å². The smallest absolute Gasteiger partial charge is 0.191 e. The van der Waals surface area contributed by atoms with Crippen molar-refractivity contribution in [2.24, 2.45) is 16.8 Å². The van der Waals surface area contributed by atoms with Gasteiger partial charge in [-0.2, -0.15) is 0 Å². The minimum atomic E-state index is 0.564. The first-order valence-corrected chi connectivity index (χ1v) is 9.40. The fraction of sp³-hybridized carbons (Fsp3) is 0.789. The average Bonchev–Trinajstić information content (AvgIpc) is 2.89. The molecule has 1 aliphatic carbocycles. The summed E-state index contributed by atoms with van der Waals surface area (Å²) in [5.74, 6) is 3.58. The lowest BCUT2D eigenvalue weighted by Gasteiger charge is -2.32. The highest BCUT2D eigenvalue weighted by molar-refractivity contribution is 5.79. The molecule has 1 saturated carbocycles. The zero-order valence-corrected chi connectivity index (χ0v) is 16.0. The Morgan fingerprint density at radius 1 is 1.25 bits per heavy atom. The SMILES string of the molecule is CN=C(NCCCc1c(C)noc1C)NC1CCC(C(C)C)CC1. The number of nitrogens with zero attached hydrogens (tertiary/aromatic N) is 2. The largest absolute Gasteiger partial charge is 0.361 e. The third-order valence-electron chi connectivity index (χ3n) is 5.36. The molecule has 2 N–H and O–H groups in total. The van der Waals surface area contributed by atoms with Crippen LogP contribution in [0.3, 0.4) is 0 Å². The van der Waals surface area contributed by atoms with Gasteiger partial charge in [-0.3, -0.25) is 4.99 Å². The van der Waals surface area contributed by atoms with Crippen LogP contribution in [-0.4, -0.2) is 30.8 Å². The number of aryl methyl sites for hydroxylation is 2. The molecule has 0 aliphatic heterocycles. The molecular formula is C19H34N4O. The minimum Gasteiger partial charge on any atom is -0.361 e. The van der Waals surface area contributed by atoms with Crippen molar-refractivity contribution in [2.75, 3.05) is 13.6 Å². The standard InChI is InChI=1S/C19H34N4O/c1-13(2)16-8-10-17(11-9-16)22-19(20-5)21-12-6-7-18-14(3)23-24-15(18)4/h13,16-17H,6-12H2,1-5H3,(H2,20,21,22). The number of guanidine groups is 1. The molecule has 0 unspecified atom stereocenters. The maximum Gasteiger partial charge on any atom is 0.191 e. The molecule has 0 radical (unpaired) electrons. The van der Waals surface area contributed by atoms with Gasteiger partial charge in [-0.15, -0.1) is 0 Å². The van der Waals surface area contributed by atoms with E-state index in [0.29, 0.717) is 6.04 Å². The molecule has 2 rings (SSSR count). The maximum atomic E-state index is 5.21. The van der Waals surface area contributed by atoms with Gasteiger partial charge in [0.25, 0.3) is 0 Å². The van der Waals surface area contributed by atoms with Crippen molar-refractivity contribution in [2.45, 2.75) is 72.3 Å². The Hall–Kier alpha value is -1.52. The Labute approximate surface area is 146 Å². The lowest BCUT2D eigenvalue weighted by Crippen LogP contribution is -2.45. The van der Waals surface area contributed by atoms with Gasteiger partial charge in [-0.25, -0.2) is 0 Å². The maximum absolute atomic E-state index is 5.21. The quantitative estimate of drug-likeness (QED) is 0.474. The summed E-state index contributed by atoms with van der Waals surface area (Å²) in [7, 11) is 1.85. The molecule has 1 fully saturated rings. The molecule has 0 spiro atoms. The second-order valence-corrected chi connectivity index (χ2v) is 7.41. The lowest BCUT2D eigenvalue weighted by atomic mass is 9.80.